The van der Waals surface area contributed by atoms with E-state index in [-0.39, 0.29) is 12.7 Å². The van der Waals surface area contributed by atoms with Crippen molar-refractivity contribution >= 4 is 0 Å². The van der Waals surface area contributed by atoms with Crippen LogP contribution in [0, 0.1) is 0 Å². The Bertz CT molecular complexity index is 196. The van der Waals surface area contributed by atoms with Gasteiger partial charge in [-0.25, -0.2) is 0 Å². The molecule has 2 fully saturated rings. The van der Waals surface area contributed by atoms with Crippen molar-refractivity contribution in [1.82, 2.24) is 0 Å². The Kier molecular flexibility index (Phi) is 1.68. The number of rotatable bonds is 1. The molecule has 2 aliphatic rings. The summed E-state index contributed by atoms with van der Waals surface area (Å²) in [5, 5.41) is 27.8. The molecular formula is C7H12O5. The zero-order chi connectivity index (χ0) is 8.93. The molecule has 2 rings (SSSR count). The number of aliphatic hydroxyl groups excluding tert-OH is 3. The van der Waals surface area contributed by atoms with E-state index in [4.69, 9.17) is 14.6 Å². The van der Waals surface area contributed by atoms with Crippen LogP contribution in [-0.4, -0.2) is 52.1 Å². The highest BCUT2D eigenvalue weighted by Gasteiger charge is 2.64. The van der Waals surface area contributed by atoms with E-state index in [9.17, 15) is 10.2 Å². The lowest BCUT2D eigenvalue weighted by Crippen LogP contribution is -2.49. The van der Waals surface area contributed by atoms with E-state index in [1.54, 1.807) is 6.92 Å². The van der Waals surface area contributed by atoms with Gasteiger partial charge >= 0.3 is 0 Å². The van der Waals surface area contributed by atoms with Gasteiger partial charge in [-0.3, -0.25) is 0 Å². The minimum Gasteiger partial charge on any atom is -0.393 e. The largest absolute Gasteiger partial charge is 0.393 e. The molecule has 0 aliphatic carbocycles. The van der Waals surface area contributed by atoms with Gasteiger partial charge in [-0.05, 0) is 6.92 Å². The fourth-order valence-electron chi connectivity index (χ4n) is 1.88. The van der Waals surface area contributed by atoms with Gasteiger partial charge in [0.1, 0.15) is 17.8 Å². The third-order valence-corrected chi connectivity index (χ3v) is 2.73. The SMILES string of the molecule is C[C@@H]1OC2C(O)[C@@]1(CO)O[C@H]2O. The first-order valence-electron chi connectivity index (χ1n) is 3.92. The van der Waals surface area contributed by atoms with Crippen LogP contribution in [0.25, 0.3) is 0 Å². The molecule has 2 aliphatic heterocycles. The van der Waals surface area contributed by atoms with Crippen LogP contribution in [0.2, 0.25) is 0 Å². The van der Waals surface area contributed by atoms with E-state index < -0.39 is 24.1 Å². The minimum atomic E-state index is -1.12. The first-order valence-corrected chi connectivity index (χ1v) is 3.92. The fraction of sp³-hybridized carbons (Fsp3) is 1.00. The number of hydrogen-bond acceptors (Lipinski definition) is 5. The monoisotopic (exact) mass is 176 g/mol. The Morgan fingerprint density at radius 3 is 2.42 bits per heavy atom. The van der Waals surface area contributed by atoms with Crippen molar-refractivity contribution in [2.24, 2.45) is 0 Å². The van der Waals surface area contributed by atoms with Gasteiger partial charge in [-0.1, -0.05) is 0 Å². The van der Waals surface area contributed by atoms with E-state index in [1.165, 1.54) is 0 Å². The molecule has 12 heavy (non-hydrogen) atoms. The van der Waals surface area contributed by atoms with Crippen LogP contribution < -0.4 is 0 Å². The first-order chi connectivity index (χ1) is 5.62. The third kappa shape index (κ3) is 0.750. The summed E-state index contributed by atoms with van der Waals surface area (Å²) in [5.74, 6) is 0. The Morgan fingerprint density at radius 1 is 1.42 bits per heavy atom. The highest BCUT2D eigenvalue weighted by molar-refractivity contribution is 5.09. The van der Waals surface area contributed by atoms with E-state index in [0.717, 1.165) is 0 Å². The molecule has 2 saturated heterocycles. The Morgan fingerprint density at radius 2 is 2.08 bits per heavy atom. The number of hydrogen-bond donors (Lipinski definition) is 3. The molecule has 0 radical (unpaired) electrons. The minimum absolute atomic E-state index is 0.344. The molecule has 2 heterocycles. The molecule has 0 aromatic rings. The van der Waals surface area contributed by atoms with Gasteiger partial charge in [0.25, 0.3) is 0 Å². The number of ether oxygens (including phenoxy) is 2. The summed E-state index contributed by atoms with van der Waals surface area (Å²) in [6, 6.07) is 0. The van der Waals surface area contributed by atoms with Crippen LogP contribution in [0.3, 0.4) is 0 Å². The molecule has 5 nitrogen and oxygen atoms in total. The molecule has 70 valence electrons. The standard InChI is InChI=1S/C7H12O5/c1-3-7(2-8)5(9)4(11-3)6(10)12-7/h3-6,8-10H,2H2,1H3/t3-,4?,5?,6+,7-/m0/s1. The highest BCUT2D eigenvalue weighted by Crippen LogP contribution is 2.42. The lowest BCUT2D eigenvalue weighted by molar-refractivity contribution is -0.256. The molecule has 3 N–H and O–H groups in total. The van der Waals surface area contributed by atoms with Crippen molar-refractivity contribution in [2.45, 2.75) is 37.1 Å². The number of fused-ring (bicyclic) bond motifs is 2. The predicted octanol–water partition coefficient (Wildman–Crippen LogP) is -1.79. The van der Waals surface area contributed by atoms with Gasteiger partial charge in [0, 0.05) is 0 Å². The van der Waals surface area contributed by atoms with E-state index in [2.05, 4.69) is 0 Å². The average Bonchev–Trinajstić information content (AvgIpc) is 2.41. The second-order valence-corrected chi connectivity index (χ2v) is 3.31. The number of aliphatic hydroxyl groups is 3. The molecule has 5 atom stereocenters. The van der Waals surface area contributed by atoms with Crippen LogP contribution in [0.5, 0.6) is 0 Å². The lowest BCUT2D eigenvalue weighted by Gasteiger charge is -2.32. The Balaban J connectivity index is 2.30. The van der Waals surface area contributed by atoms with Crippen LogP contribution in [0.1, 0.15) is 6.92 Å². The summed E-state index contributed by atoms with van der Waals surface area (Å²) >= 11 is 0. The molecular weight excluding hydrogens is 164 g/mol. The van der Waals surface area contributed by atoms with Gasteiger partial charge in [0.2, 0.25) is 0 Å². The summed E-state index contributed by atoms with van der Waals surface area (Å²) in [7, 11) is 0. The van der Waals surface area contributed by atoms with Gasteiger partial charge in [-0.15, -0.1) is 0 Å². The second kappa shape index (κ2) is 2.40. The molecule has 0 aromatic carbocycles. The topological polar surface area (TPSA) is 79.2 Å². The smallest absolute Gasteiger partial charge is 0.184 e. The van der Waals surface area contributed by atoms with E-state index in [0.29, 0.717) is 0 Å². The predicted molar refractivity (Wildman–Crippen MR) is 37.3 cm³/mol. The molecule has 0 saturated carbocycles. The molecule has 5 heteroatoms. The first kappa shape index (κ1) is 8.40. The maximum absolute atomic E-state index is 9.55. The zero-order valence-electron chi connectivity index (χ0n) is 6.67. The summed E-state index contributed by atoms with van der Waals surface area (Å²) in [6.45, 7) is 1.36. The van der Waals surface area contributed by atoms with E-state index in [1.807, 2.05) is 0 Å². The van der Waals surface area contributed by atoms with Crippen LogP contribution in [-0.2, 0) is 9.47 Å². The van der Waals surface area contributed by atoms with Crippen LogP contribution in [0.15, 0.2) is 0 Å². The fourth-order valence-corrected chi connectivity index (χ4v) is 1.88. The van der Waals surface area contributed by atoms with Crippen molar-refractivity contribution < 1.29 is 24.8 Å². The third-order valence-electron chi connectivity index (χ3n) is 2.73. The van der Waals surface area contributed by atoms with Crippen molar-refractivity contribution in [3.05, 3.63) is 0 Å². The van der Waals surface area contributed by atoms with Gasteiger partial charge in [-0.2, -0.15) is 0 Å². The Hall–Kier alpha value is -0.200. The normalized spacial score (nSPS) is 58.0. The molecule has 2 unspecified atom stereocenters. The second-order valence-electron chi connectivity index (χ2n) is 3.31. The van der Waals surface area contributed by atoms with Crippen molar-refractivity contribution in [3.8, 4) is 0 Å². The average molecular weight is 176 g/mol. The summed E-state index contributed by atoms with van der Waals surface area (Å²) < 4.78 is 10.2. The van der Waals surface area contributed by atoms with Crippen LogP contribution >= 0.6 is 0 Å². The summed E-state index contributed by atoms with van der Waals surface area (Å²) in [5.41, 5.74) is -1.12. The quantitative estimate of drug-likeness (QED) is 0.440. The molecule has 0 spiro atoms. The molecule has 0 amide bonds. The maximum Gasteiger partial charge on any atom is 0.184 e. The van der Waals surface area contributed by atoms with Gasteiger partial charge < -0.3 is 24.8 Å². The molecule has 2 bridgehead atoms. The van der Waals surface area contributed by atoms with Crippen molar-refractivity contribution in [3.63, 3.8) is 0 Å². The highest BCUT2D eigenvalue weighted by atomic mass is 16.7. The van der Waals surface area contributed by atoms with Gasteiger partial charge in [0.15, 0.2) is 6.29 Å². The van der Waals surface area contributed by atoms with Gasteiger partial charge in [0.05, 0.1) is 12.7 Å². The van der Waals surface area contributed by atoms with Crippen LogP contribution in [0.4, 0.5) is 0 Å². The Labute approximate surface area is 69.5 Å². The van der Waals surface area contributed by atoms with Crippen molar-refractivity contribution in [1.29, 1.82) is 0 Å². The van der Waals surface area contributed by atoms with E-state index >= 15 is 0 Å². The maximum atomic E-state index is 9.55. The van der Waals surface area contributed by atoms with Crippen molar-refractivity contribution in [2.75, 3.05) is 6.61 Å². The summed E-state index contributed by atoms with van der Waals surface area (Å²) in [6.07, 6.45) is -3.16. The lowest BCUT2D eigenvalue weighted by atomic mass is 9.95. The molecule has 0 aromatic heterocycles. The zero-order valence-corrected chi connectivity index (χ0v) is 6.67. The summed E-state index contributed by atoms with van der Waals surface area (Å²) in [4.78, 5) is 0.